The van der Waals surface area contributed by atoms with Gasteiger partial charge in [-0.15, -0.1) is 0 Å². The zero-order valence-electron chi connectivity index (χ0n) is 16.6. The maximum absolute atomic E-state index is 12.5. The number of furan rings is 1. The molecular weight excluding hydrogens is 437 g/mol. The lowest BCUT2D eigenvalue weighted by molar-refractivity contribution is 0.0992. The fraction of sp³-hybridized carbons (Fsp3) is 0.130. The summed E-state index contributed by atoms with van der Waals surface area (Å²) in [6.07, 6.45) is 1.73. The third-order valence-corrected chi connectivity index (χ3v) is 5.32. The average Bonchev–Trinajstić information content (AvgIpc) is 3.40. The van der Waals surface area contributed by atoms with Crippen LogP contribution >= 0.6 is 23.2 Å². The van der Waals surface area contributed by atoms with Crippen molar-refractivity contribution in [3.05, 3.63) is 99.6 Å². The lowest BCUT2D eigenvalue weighted by atomic mass is 10.2. The van der Waals surface area contributed by atoms with E-state index in [0.717, 1.165) is 16.9 Å². The maximum Gasteiger partial charge on any atom is 0.292 e. The first-order valence-electron chi connectivity index (χ1n) is 9.54. The van der Waals surface area contributed by atoms with Crippen molar-refractivity contribution in [2.45, 2.75) is 20.1 Å². The van der Waals surface area contributed by atoms with Crippen molar-refractivity contribution in [1.82, 2.24) is 9.78 Å². The minimum absolute atomic E-state index is 0.173. The molecule has 0 saturated heterocycles. The Morgan fingerprint density at radius 2 is 1.84 bits per heavy atom. The van der Waals surface area contributed by atoms with Gasteiger partial charge in [-0.1, -0.05) is 47.5 Å². The number of carbonyl (C=O) groups is 1. The van der Waals surface area contributed by atoms with Crippen LogP contribution in [-0.2, 0) is 13.2 Å². The van der Waals surface area contributed by atoms with E-state index in [1.54, 1.807) is 47.3 Å². The van der Waals surface area contributed by atoms with Crippen molar-refractivity contribution in [2.75, 3.05) is 5.32 Å². The molecule has 31 heavy (non-hydrogen) atoms. The molecule has 4 aromatic rings. The smallest absolute Gasteiger partial charge is 0.292 e. The van der Waals surface area contributed by atoms with E-state index >= 15 is 0 Å². The highest BCUT2D eigenvalue weighted by Crippen LogP contribution is 2.25. The molecule has 0 radical (unpaired) electrons. The highest BCUT2D eigenvalue weighted by Gasteiger charge is 2.14. The summed E-state index contributed by atoms with van der Waals surface area (Å²) in [7, 11) is 0. The number of nitrogens with zero attached hydrogens (tertiary/aromatic N) is 2. The van der Waals surface area contributed by atoms with Gasteiger partial charge in [0.1, 0.15) is 18.1 Å². The second-order valence-corrected chi connectivity index (χ2v) is 7.69. The molecule has 0 fully saturated rings. The highest BCUT2D eigenvalue weighted by molar-refractivity contribution is 6.35. The van der Waals surface area contributed by atoms with Crippen molar-refractivity contribution < 1.29 is 13.9 Å². The molecule has 2 aromatic heterocycles. The zero-order valence-corrected chi connectivity index (χ0v) is 18.2. The monoisotopic (exact) mass is 455 g/mol. The number of aryl methyl sites for hydroxylation is 1. The summed E-state index contributed by atoms with van der Waals surface area (Å²) in [5.74, 6) is 1.49. The van der Waals surface area contributed by atoms with E-state index in [1.165, 1.54) is 0 Å². The number of ether oxygens (including phenoxy) is 1. The summed E-state index contributed by atoms with van der Waals surface area (Å²) in [6.45, 7) is 2.58. The van der Waals surface area contributed by atoms with E-state index in [-0.39, 0.29) is 12.4 Å². The molecule has 4 rings (SSSR count). The summed E-state index contributed by atoms with van der Waals surface area (Å²) in [5.41, 5.74) is 1.79. The van der Waals surface area contributed by atoms with Crippen LogP contribution in [0, 0.1) is 6.92 Å². The quantitative estimate of drug-likeness (QED) is 0.372. The van der Waals surface area contributed by atoms with Crippen molar-refractivity contribution in [1.29, 1.82) is 0 Å². The van der Waals surface area contributed by atoms with Gasteiger partial charge >= 0.3 is 0 Å². The molecule has 0 bridgehead atoms. The number of nitrogens with one attached hydrogen (secondary N) is 1. The Balaban J connectivity index is 1.36. The van der Waals surface area contributed by atoms with Gasteiger partial charge in [0, 0.05) is 27.9 Å². The number of anilines is 1. The van der Waals surface area contributed by atoms with Gasteiger partial charge in [0.05, 0.1) is 6.54 Å². The Bertz CT molecular complexity index is 1200. The SMILES string of the molecule is Cc1ccccc1OCc1ccc(C(=O)Nc2ccn(Cc3c(Cl)cccc3Cl)n2)o1. The molecule has 8 heteroatoms. The molecule has 0 saturated carbocycles. The number of amides is 1. The van der Waals surface area contributed by atoms with Gasteiger partial charge in [0.25, 0.3) is 5.91 Å². The molecule has 2 aromatic carbocycles. The lowest BCUT2D eigenvalue weighted by Gasteiger charge is -2.07. The van der Waals surface area contributed by atoms with Crippen LogP contribution in [0.25, 0.3) is 0 Å². The van der Waals surface area contributed by atoms with Gasteiger partial charge in [0.15, 0.2) is 11.6 Å². The van der Waals surface area contributed by atoms with E-state index in [2.05, 4.69) is 10.4 Å². The van der Waals surface area contributed by atoms with Crippen molar-refractivity contribution >= 4 is 34.9 Å². The Kier molecular flexibility index (Phi) is 6.30. The minimum Gasteiger partial charge on any atom is -0.485 e. The number of para-hydroxylation sites is 1. The third kappa shape index (κ3) is 5.10. The Morgan fingerprint density at radius 1 is 1.06 bits per heavy atom. The minimum atomic E-state index is -0.400. The van der Waals surface area contributed by atoms with Crippen LogP contribution < -0.4 is 10.1 Å². The molecule has 1 amide bonds. The van der Waals surface area contributed by atoms with Gasteiger partial charge in [-0.2, -0.15) is 5.10 Å². The Morgan fingerprint density at radius 3 is 2.61 bits per heavy atom. The molecule has 0 aliphatic rings. The second kappa shape index (κ2) is 9.29. The number of carbonyl (C=O) groups excluding carboxylic acids is 1. The number of rotatable bonds is 7. The first-order chi connectivity index (χ1) is 15.0. The van der Waals surface area contributed by atoms with Crippen molar-refractivity contribution in [3.63, 3.8) is 0 Å². The van der Waals surface area contributed by atoms with Gasteiger partial charge < -0.3 is 14.5 Å². The highest BCUT2D eigenvalue weighted by atomic mass is 35.5. The van der Waals surface area contributed by atoms with E-state index in [4.69, 9.17) is 32.4 Å². The lowest BCUT2D eigenvalue weighted by Crippen LogP contribution is -2.12. The van der Waals surface area contributed by atoms with Crippen LogP contribution in [0.2, 0.25) is 10.0 Å². The van der Waals surface area contributed by atoms with Crippen molar-refractivity contribution in [3.8, 4) is 5.75 Å². The fourth-order valence-corrected chi connectivity index (χ4v) is 3.50. The molecule has 0 aliphatic heterocycles. The van der Waals surface area contributed by atoms with E-state index in [0.29, 0.717) is 28.2 Å². The first kappa shape index (κ1) is 21.0. The number of aromatic nitrogens is 2. The summed E-state index contributed by atoms with van der Waals surface area (Å²) in [6, 6.07) is 18.0. The number of hydrogen-bond donors (Lipinski definition) is 1. The van der Waals surface area contributed by atoms with Crippen LogP contribution in [-0.4, -0.2) is 15.7 Å². The van der Waals surface area contributed by atoms with Crippen molar-refractivity contribution in [2.24, 2.45) is 0 Å². The molecule has 0 spiro atoms. The van der Waals surface area contributed by atoms with Gasteiger partial charge in [-0.3, -0.25) is 9.48 Å². The normalized spacial score (nSPS) is 10.8. The molecule has 2 heterocycles. The summed E-state index contributed by atoms with van der Waals surface area (Å²) >= 11 is 12.4. The Labute approximate surface area is 189 Å². The predicted octanol–water partition coefficient (Wildman–Crippen LogP) is 5.97. The first-order valence-corrected chi connectivity index (χ1v) is 10.3. The summed E-state index contributed by atoms with van der Waals surface area (Å²) in [5, 5.41) is 8.18. The summed E-state index contributed by atoms with van der Waals surface area (Å²) < 4.78 is 13.0. The molecular formula is C23H19Cl2N3O3. The van der Waals surface area contributed by atoms with Crippen LogP contribution in [0.5, 0.6) is 5.75 Å². The standard InChI is InChI=1S/C23H19Cl2N3O3/c1-15-5-2-3-8-20(15)30-14-16-9-10-21(31-16)23(29)26-22-11-12-28(27-22)13-17-18(24)6-4-7-19(17)25/h2-12H,13-14H2,1H3,(H,26,27,29). The molecule has 0 unspecified atom stereocenters. The summed E-state index contributed by atoms with van der Waals surface area (Å²) in [4.78, 5) is 12.5. The molecule has 6 nitrogen and oxygen atoms in total. The van der Waals surface area contributed by atoms with Gasteiger partial charge in [0.2, 0.25) is 0 Å². The second-order valence-electron chi connectivity index (χ2n) is 6.87. The topological polar surface area (TPSA) is 69.3 Å². The van der Waals surface area contributed by atoms with Crippen LogP contribution in [0.1, 0.15) is 27.4 Å². The third-order valence-electron chi connectivity index (χ3n) is 4.61. The predicted molar refractivity (Wildman–Crippen MR) is 120 cm³/mol. The van der Waals surface area contributed by atoms with Crippen LogP contribution in [0.4, 0.5) is 5.82 Å². The number of halogens is 2. The molecule has 0 atom stereocenters. The fourth-order valence-electron chi connectivity index (χ4n) is 2.98. The zero-order chi connectivity index (χ0) is 21.8. The van der Waals surface area contributed by atoms with Crippen LogP contribution in [0.15, 0.2) is 71.3 Å². The van der Waals surface area contributed by atoms with E-state index in [1.807, 2.05) is 31.2 Å². The van der Waals surface area contributed by atoms with Gasteiger partial charge in [-0.25, -0.2) is 0 Å². The Hall–Kier alpha value is -3.22. The average molecular weight is 456 g/mol. The number of hydrogen-bond acceptors (Lipinski definition) is 4. The van der Waals surface area contributed by atoms with E-state index < -0.39 is 5.91 Å². The molecule has 158 valence electrons. The molecule has 0 aliphatic carbocycles. The maximum atomic E-state index is 12.5. The van der Waals surface area contributed by atoms with Gasteiger partial charge in [-0.05, 0) is 42.8 Å². The van der Waals surface area contributed by atoms with Crippen LogP contribution in [0.3, 0.4) is 0 Å². The largest absolute Gasteiger partial charge is 0.485 e. The number of benzene rings is 2. The van der Waals surface area contributed by atoms with E-state index in [9.17, 15) is 4.79 Å². The molecule has 1 N–H and O–H groups in total.